The lowest BCUT2D eigenvalue weighted by Gasteiger charge is -2.04. The summed E-state index contributed by atoms with van der Waals surface area (Å²) in [5.74, 6) is 1.40. The van der Waals surface area contributed by atoms with Gasteiger partial charge in [-0.25, -0.2) is 9.97 Å². The van der Waals surface area contributed by atoms with Crippen molar-refractivity contribution in [2.45, 2.75) is 0 Å². The largest absolute Gasteiger partial charge is 0.291 e. The third-order valence-corrected chi connectivity index (χ3v) is 3.69. The number of anilines is 2. The van der Waals surface area contributed by atoms with E-state index in [1.165, 1.54) is 0 Å². The minimum atomic E-state index is 0.382. The minimum absolute atomic E-state index is 0.382. The first kappa shape index (κ1) is 15.2. The van der Waals surface area contributed by atoms with Gasteiger partial charge in [-0.1, -0.05) is 23.7 Å². The summed E-state index contributed by atoms with van der Waals surface area (Å²) in [5, 5.41) is 10.7. The number of aromatic amines is 1. The normalized spacial score (nSPS) is 10.6. The lowest BCUT2D eigenvalue weighted by atomic mass is 10.1. The number of halogens is 1. The van der Waals surface area contributed by atoms with Crippen LogP contribution in [-0.4, -0.2) is 30.1 Å². The van der Waals surface area contributed by atoms with E-state index >= 15 is 0 Å². The highest BCUT2D eigenvalue weighted by Crippen LogP contribution is 2.21. The lowest BCUT2D eigenvalue weighted by Crippen LogP contribution is -1.99. The Labute approximate surface area is 148 Å². The molecule has 25 heavy (non-hydrogen) atoms. The van der Waals surface area contributed by atoms with E-state index in [2.05, 4.69) is 35.5 Å². The summed E-state index contributed by atoms with van der Waals surface area (Å²) in [6.07, 6.45) is 5.09. The van der Waals surface area contributed by atoms with Crippen molar-refractivity contribution in [2.75, 3.05) is 5.32 Å². The number of hydrogen-bond donors (Lipinski definition) is 2. The van der Waals surface area contributed by atoms with E-state index in [0.717, 1.165) is 16.8 Å². The van der Waals surface area contributed by atoms with Gasteiger partial charge in [0.2, 0.25) is 11.9 Å². The van der Waals surface area contributed by atoms with E-state index in [4.69, 9.17) is 11.6 Å². The molecule has 0 bridgehead atoms. The predicted octanol–water partition coefficient (Wildman–Crippen LogP) is 3.72. The first-order chi connectivity index (χ1) is 12.3. The smallest absolute Gasteiger partial charge is 0.249 e. The summed E-state index contributed by atoms with van der Waals surface area (Å²) in [6, 6.07) is 13.0. The molecule has 4 rings (SSSR count). The van der Waals surface area contributed by atoms with Gasteiger partial charge < -0.3 is 0 Å². The topological polar surface area (TPSA) is 92.3 Å². The van der Waals surface area contributed by atoms with Gasteiger partial charge in [0.1, 0.15) is 0 Å². The first-order valence-corrected chi connectivity index (χ1v) is 7.84. The van der Waals surface area contributed by atoms with E-state index in [0.29, 0.717) is 22.7 Å². The quantitative estimate of drug-likeness (QED) is 0.583. The first-order valence-electron chi connectivity index (χ1n) is 7.47. The van der Waals surface area contributed by atoms with Crippen LogP contribution in [0.4, 0.5) is 11.9 Å². The third kappa shape index (κ3) is 3.46. The number of aromatic nitrogens is 6. The van der Waals surface area contributed by atoms with E-state index < -0.39 is 0 Å². The Kier molecular flexibility index (Phi) is 4.05. The molecule has 2 N–H and O–H groups in total. The van der Waals surface area contributed by atoms with Crippen molar-refractivity contribution in [3.8, 4) is 22.6 Å². The van der Waals surface area contributed by atoms with Crippen molar-refractivity contribution < 1.29 is 0 Å². The number of nitrogens with one attached hydrogen (secondary N) is 2. The van der Waals surface area contributed by atoms with Crippen LogP contribution in [0.5, 0.6) is 0 Å². The fourth-order valence-corrected chi connectivity index (χ4v) is 2.38. The Morgan fingerprint density at radius 3 is 2.56 bits per heavy atom. The molecule has 4 aromatic rings. The van der Waals surface area contributed by atoms with E-state index in [1.807, 2.05) is 42.5 Å². The molecule has 0 aliphatic rings. The Morgan fingerprint density at radius 1 is 0.880 bits per heavy atom. The Bertz CT molecular complexity index is 983. The van der Waals surface area contributed by atoms with Crippen LogP contribution in [0, 0.1) is 0 Å². The zero-order chi connectivity index (χ0) is 17.1. The molecule has 0 saturated heterocycles. The molecule has 122 valence electrons. The third-order valence-electron chi connectivity index (χ3n) is 3.44. The second kappa shape index (κ2) is 6.66. The molecule has 3 aromatic heterocycles. The van der Waals surface area contributed by atoms with E-state index in [1.54, 1.807) is 18.6 Å². The molecule has 7 nitrogen and oxygen atoms in total. The maximum Gasteiger partial charge on any atom is 0.249 e. The van der Waals surface area contributed by atoms with Crippen LogP contribution in [0.2, 0.25) is 5.02 Å². The fourth-order valence-electron chi connectivity index (χ4n) is 2.25. The van der Waals surface area contributed by atoms with Gasteiger partial charge in [0, 0.05) is 34.7 Å². The predicted molar refractivity (Wildman–Crippen MR) is 95.4 cm³/mol. The summed E-state index contributed by atoms with van der Waals surface area (Å²) in [6.45, 7) is 0. The molecular formula is C17H12ClN7. The summed E-state index contributed by atoms with van der Waals surface area (Å²) >= 11 is 5.92. The molecule has 8 heteroatoms. The SMILES string of the molecule is Clc1ccc(-c2ccnc(Nc3n[nH]c(-c4cccnc4)n3)n2)cc1. The van der Waals surface area contributed by atoms with Crippen molar-refractivity contribution in [3.05, 3.63) is 66.1 Å². The van der Waals surface area contributed by atoms with Crippen LogP contribution >= 0.6 is 11.6 Å². The summed E-state index contributed by atoms with van der Waals surface area (Å²) < 4.78 is 0. The van der Waals surface area contributed by atoms with Crippen LogP contribution in [0.3, 0.4) is 0 Å². The highest BCUT2D eigenvalue weighted by Gasteiger charge is 2.08. The fraction of sp³-hybridized carbons (Fsp3) is 0. The Hall–Kier alpha value is -3.32. The zero-order valence-electron chi connectivity index (χ0n) is 12.9. The molecule has 0 spiro atoms. The summed E-state index contributed by atoms with van der Waals surface area (Å²) in [5.41, 5.74) is 2.57. The van der Waals surface area contributed by atoms with Crippen molar-refractivity contribution in [2.24, 2.45) is 0 Å². The highest BCUT2D eigenvalue weighted by molar-refractivity contribution is 6.30. The number of nitrogens with zero attached hydrogens (tertiary/aromatic N) is 5. The van der Waals surface area contributed by atoms with E-state index in [9.17, 15) is 0 Å². The maximum absolute atomic E-state index is 5.92. The Morgan fingerprint density at radius 2 is 1.76 bits per heavy atom. The van der Waals surface area contributed by atoms with Gasteiger partial charge in [-0.2, -0.15) is 4.98 Å². The molecule has 1 aromatic carbocycles. The molecule has 0 atom stereocenters. The van der Waals surface area contributed by atoms with Gasteiger partial charge in [-0.15, -0.1) is 5.10 Å². The number of pyridine rings is 1. The minimum Gasteiger partial charge on any atom is -0.291 e. The summed E-state index contributed by atoms with van der Waals surface area (Å²) in [7, 11) is 0. The Balaban J connectivity index is 1.56. The van der Waals surface area contributed by atoms with Crippen molar-refractivity contribution in [3.63, 3.8) is 0 Å². The molecule has 0 radical (unpaired) electrons. The standard InChI is InChI=1S/C17H12ClN7/c18-13-5-3-11(4-6-13)14-7-9-20-16(21-14)23-17-22-15(24-25-17)12-2-1-8-19-10-12/h1-10H,(H2,20,21,22,23,24,25). The van der Waals surface area contributed by atoms with Crippen LogP contribution in [-0.2, 0) is 0 Å². The summed E-state index contributed by atoms with van der Waals surface area (Å²) in [4.78, 5) is 17.1. The maximum atomic E-state index is 5.92. The van der Waals surface area contributed by atoms with Crippen LogP contribution < -0.4 is 5.32 Å². The number of benzene rings is 1. The molecule has 0 saturated carbocycles. The van der Waals surface area contributed by atoms with Gasteiger partial charge in [0.05, 0.1) is 5.69 Å². The molecule has 3 heterocycles. The molecule has 0 fully saturated rings. The molecular weight excluding hydrogens is 338 g/mol. The van der Waals surface area contributed by atoms with Crippen molar-refractivity contribution in [1.29, 1.82) is 0 Å². The molecule has 0 amide bonds. The van der Waals surface area contributed by atoms with Gasteiger partial charge in [0.15, 0.2) is 5.82 Å². The lowest BCUT2D eigenvalue weighted by molar-refractivity contribution is 1.08. The van der Waals surface area contributed by atoms with Gasteiger partial charge in [0.25, 0.3) is 0 Å². The highest BCUT2D eigenvalue weighted by atomic mass is 35.5. The number of rotatable bonds is 4. The average Bonchev–Trinajstić information content (AvgIpc) is 3.12. The molecule has 0 aliphatic carbocycles. The van der Waals surface area contributed by atoms with Crippen LogP contribution in [0.15, 0.2) is 61.1 Å². The number of H-pyrrole nitrogens is 1. The second-order valence-corrected chi connectivity index (χ2v) is 5.58. The van der Waals surface area contributed by atoms with Crippen molar-refractivity contribution in [1.82, 2.24) is 30.1 Å². The van der Waals surface area contributed by atoms with Gasteiger partial charge in [-0.05, 0) is 30.3 Å². The van der Waals surface area contributed by atoms with Crippen LogP contribution in [0.25, 0.3) is 22.6 Å². The van der Waals surface area contributed by atoms with E-state index in [-0.39, 0.29) is 0 Å². The monoisotopic (exact) mass is 349 g/mol. The number of hydrogen-bond acceptors (Lipinski definition) is 6. The van der Waals surface area contributed by atoms with Gasteiger partial charge in [-0.3, -0.25) is 15.4 Å². The van der Waals surface area contributed by atoms with Crippen LogP contribution in [0.1, 0.15) is 0 Å². The van der Waals surface area contributed by atoms with Crippen molar-refractivity contribution >= 4 is 23.5 Å². The zero-order valence-corrected chi connectivity index (χ0v) is 13.6. The molecule has 0 unspecified atom stereocenters. The van der Waals surface area contributed by atoms with Gasteiger partial charge >= 0.3 is 0 Å². The average molecular weight is 350 g/mol. The molecule has 0 aliphatic heterocycles. The second-order valence-electron chi connectivity index (χ2n) is 5.15.